The molecule has 0 aliphatic heterocycles. The van der Waals surface area contributed by atoms with Crippen LogP contribution in [0.2, 0.25) is 0 Å². The maximum atomic E-state index is 11.3. The van der Waals surface area contributed by atoms with Crippen molar-refractivity contribution in [2.75, 3.05) is 13.1 Å². The lowest BCUT2D eigenvalue weighted by molar-refractivity contribution is -0.119. The topological polar surface area (TPSA) is 72.3 Å². The molecule has 4 N–H and O–H groups in total. The predicted octanol–water partition coefficient (Wildman–Crippen LogP) is 1.89. The highest BCUT2D eigenvalue weighted by molar-refractivity contribution is 7.12. The van der Waals surface area contributed by atoms with Crippen LogP contribution in [0.1, 0.15) is 36.6 Å². The second-order valence-electron chi connectivity index (χ2n) is 5.54. The molecule has 0 aliphatic carbocycles. The summed E-state index contributed by atoms with van der Waals surface area (Å²) in [5.74, 6) is 0.154. The summed E-state index contributed by atoms with van der Waals surface area (Å²) in [4.78, 5) is 15.9. The summed E-state index contributed by atoms with van der Waals surface area (Å²) < 4.78 is 0. The minimum Gasteiger partial charge on any atom is -0.369 e. The van der Waals surface area contributed by atoms with Crippen LogP contribution in [0.5, 0.6) is 0 Å². The number of primary amides is 1. The molecule has 0 saturated carbocycles. The highest BCUT2D eigenvalue weighted by Gasteiger charge is 2.27. The van der Waals surface area contributed by atoms with Crippen LogP contribution in [0.25, 0.3) is 0 Å². The van der Waals surface area contributed by atoms with E-state index < -0.39 is 0 Å². The van der Waals surface area contributed by atoms with Crippen LogP contribution in [-0.2, 0) is 4.79 Å². The largest absolute Gasteiger partial charge is 0.369 e. The monoisotopic (exact) mass is 283 g/mol. The van der Waals surface area contributed by atoms with Crippen LogP contribution in [0, 0.1) is 12.8 Å². The molecular formula is C14H25N3OS. The van der Waals surface area contributed by atoms with Crippen molar-refractivity contribution >= 4 is 17.2 Å². The summed E-state index contributed by atoms with van der Waals surface area (Å²) in [6.07, 6.45) is 0. The van der Waals surface area contributed by atoms with Crippen LogP contribution >= 0.6 is 11.3 Å². The van der Waals surface area contributed by atoms with Crippen molar-refractivity contribution in [3.8, 4) is 0 Å². The van der Waals surface area contributed by atoms with Crippen LogP contribution in [0.3, 0.4) is 0 Å². The molecule has 0 spiro atoms. The Morgan fingerprint density at radius 3 is 2.37 bits per heavy atom. The van der Waals surface area contributed by atoms with Gasteiger partial charge in [0.1, 0.15) is 0 Å². The van der Waals surface area contributed by atoms with Gasteiger partial charge in [-0.05, 0) is 31.9 Å². The molecule has 19 heavy (non-hydrogen) atoms. The number of aryl methyl sites for hydroxylation is 1. The fourth-order valence-electron chi connectivity index (χ4n) is 2.33. The molecule has 4 nitrogen and oxygen atoms in total. The van der Waals surface area contributed by atoms with E-state index in [1.807, 2.05) is 6.92 Å². The number of hydrogen-bond acceptors (Lipinski definition) is 4. The van der Waals surface area contributed by atoms with Crippen molar-refractivity contribution < 1.29 is 4.79 Å². The van der Waals surface area contributed by atoms with E-state index >= 15 is 0 Å². The molecule has 0 radical (unpaired) electrons. The van der Waals surface area contributed by atoms with Gasteiger partial charge in [0.2, 0.25) is 5.91 Å². The molecule has 0 bridgehead atoms. The third-order valence-corrected chi connectivity index (χ3v) is 3.97. The van der Waals surface area contributed by atoms with E-state index in [2.05, 4.69) is 37.8 Å². The summed E-state index contributed by atoms with van der Waals surface area (Å²) in [5, 5.41) is 0. The number of hydrogen-bond donors (Lipinski definition) is 2. The lowest BCUT2D eigenvalue weighted by Gasteiger charge is -2.34. The van der Waals surface area contributed by atoms with E-state index in [4.69, 9.17) is 11.5 Å². The van der Waals surface area contributed by atoms with Crippen molar-refractivity contribution in [2.45, 2.75) is 39.8 Å². The average molecular weight is 283 g/mol. The van der Waals surface area contributed by atoms with Crippen molar-refractivity contribution in [3.63, 3.8) is 0 Å². The van der Waals surface area contributed by atoms with Gasteiger partial charge in [-0.15, -0.1) is 11.3 Å². The van der Waals surface area contributed by atoms with Gasteiger partial charge in [-0.3, -0.25) is 9.69 Å². The molecule has 1 rings (SSSR count). The number of amides is 1. The van der Waals surface area contributed by atoms with Gasteiger partial charge in [0.15, 0.2) is 0 Å². The Morgan fingerprint density at radius 2 is 2.00 bits per heavy atom. The first kappa shape index (κ1) is 16.1. The molecular weight excluding hydrogens is 258 g/mol. The Kier molecular flexibility index (Phi) is 5.97. The zero-order valence-corrected chi connectivity index (χ0v) is 13.0. The number of nitrogens with zero attached hydrogens (tertiary/aromatic N) is 1. The molecule has 5 heteroatoms. The lowest BCUT2D eigenvalue weighted by Crippen LogP contribution is -2.44. The molecule has 0 saturated heterocycles. The zero-order chi connectivity index (χ0) is 14.6. The Balaban J connectivity index is 3.00. The fraction of sp³-hybridized carbons (Fsp3) is 0.643. The van der Waals surface area contributed by atoms with Crippen LogP contribution < -0.4 is 11.5 Å². The molecule has 0 aliphatic rings. The van der Waals surface area contributed by atoms with Gasteiger partial charge in [0, 0.05) is 22.3 Å². The average Bonchev–Trinajstić information content (AvgIpc) is 2.62. The lowest BCUT2D eigenvalue weighted by atomic mass is 10.0. The first-order chi connectivity index (χ1) is 8.81. The van der Waals surface area contributed by atoms with Crippen LogP contribution in [-0.4, -0.2) is 29.9 Å². The molecule has 2 unspecified atom stereocenters. The van der Waals surface area contributed by atoms with E-state index in [0.717, 1.165) is 6.54 Å². The highest BCUT2D eigenvalue weighted by Crippen LogP contribution is 2.30. The van der Waals surface area contributed by atoms with E-state index in [1.165, 1.54) is 9.75 Å². The van der Waals surface area contributed by atoms with E-state index in [9.17, 15) is 4.79 Å². The Morgan fingerprint density at radius 1 is 1.37 bits per heavy atom. The maximum Gasteiger partial charge on any atom is 0.231 e. The number of nitrogens with two attached hydrogens (primary N) is 2. The Hall–Kier alpha value is -0.910. The van der Waals surface area contributed by atoms with Crippen molar-refractivity contribution in [1.82, 2.24) is 4.90 Å². The summed E-state index contributed by atoms with van der Waals surface area (Å²) in [7, 11) is 0. The highest BCUT2D eigenvalue weighted by atomic mass is 32.1. The molecule has 1 aromatic rings. The molecule has 0 aromatic carbocycles. The van der Waals surface area contributed by atoms with Gasteiger partial charge >= 0.3 is 0 Å². The molecule has 0 fully saturated rings. The standard InChI is InChI=1S/C14H25N3OS/c1-9(2)7-17(8-13(16)18)14(11(4)15)12-6-5-10(3)19-12/h5-6,9,11,14H,7-8,15H2,1-4H3,(H2,16,18). The molecule has 1 amide bonds. The third kappa shape index (κ3) is 4.93. The van der Waals surface area contributed by atoms with Gasteiger partial charge in [0.25, 0.3) is 0 Å². The quantitative estimate of drug-likeness (QED) is 0.802. The first-order valence-electron chi connectivity index (χ1n) is 6.65. The smallest absolute Gasteiger partial charge is 0.231 e. The second kappa shape index (κ2) is 7.03. The van der Waals surface area contributed by atoms with Crippen LogP contribution in [0.4, 0.5) is 0 Å². The van der Waals surface area contributed by atoms with Gasteiger partial charge in [-0.2, -0.15) is 0 Å². The van der Waals surface area contributed by atoms with Crippen LogP contribution in [0.15, 0.2) is 12.1 Å². The molecule has 1 aromatic heterocycles. The maximum absolute atomic E-state index is 11.3. The zero-order valence-electron chi connectivity index (χ0n) is 12.2. The minimum atomic E-state index is -0.306. The number of thiophene rings is 1. The van der Waals surface area contributed by atoms with Crippen molar-refractivity contribution in [3.05, 3.63) is 21.9 Å². The minimum absolute atomic E-state index is 0.0452. The van der Waals surface area contributed by atoms with E-state index in [1.54, 1.807) is 11.3 Å². The van der Waals surface area contributed by atoms with Crippen molar-refractivity contribution in [1.29, 1.82) is 0 Å². The summed E-state index contributed by atoms with van der Waals surface area (Å²) in [5.41, 5.74) is 11.5. The Bertz CT molecular complexity index is 415. The Labute approximate surface area is 119 Å². The predicted molar refractivity (Wildman–Crippen MR) is 81.1 cm³/mol. The normalized spacial score (nSPS) is 14.9. The third-order valence-electron chi connectivity index (χ3n) is 2.90. The van der Waals surface area contributed by atoms with Gasteiger partial charge in [0.05, 0.1) is 12.6 Å². The summed E-state index contributed by atoms with van der Waals surface area (Å²) >= 11 is 1.73. The molecule has 108 valence electrons. The first-order valence-corrected chi connectivity index (χ1v) is 7.47. The number of carbonyl (C=O) groups excluding carboxylic acids is 1. The SMILES string of the molecule is Cc1ccc(C(C(C)N)N(CC(N)=O)CC(C)C)s1. The van der Waals surface area contributed by atoms with Gasteiger partial charge in [-0.25, -0.2) is 0 Å². The van der Waals surface area contributed by atoms with E-state index in [-0.39, 0.29) is 24.5 Å². The second-order valence-corrected chi connectivity index (χ2v) is 6.86. The molecule has 1 heterocycles. The number of carbonyl (C=O) groups is 1. The summed E-state index contributed by atoms with van der Waals surface area (Å²) in [6.45, 7) is 9.38. The van der Waals surface area contributed by atoms with Gasteiger partial charge < -0.3 is 11.5 Å². The van der Waals surface area contributed by atoms with E-state index in [0.29, 0.717) is 5.92 Å². The number of rotatable bonds is 7. The fourth-order valence-corrected chi connectivity index (χ4v) is 3.46. The van der Waals surface area contributed by atoms with Crippen molar-refractivity contribution in [2.24, 2.45) is 17.4 Å². The summed E-state index contributed by atoms with van der Waals surface area (Å²) in [6, 6.07) is 4.19. The van der Waals surface area contributed by atoms with Gasteiger partial charge in [-0.1, -0.05) is 13.8 Å². The molecule has 2 atom stereocenters.